The van der Waals surface area contributed by atoms with Gasteiger partial charge in [-0.3, -0.25) is 19.7 Å². The number of hydrogen-bond acceptors (Lipinski definition) is 7. The van der Waals surface area contributed by atoms with Crippen LogP contribution in [0.2, 0.25) is 5.02 Å². The summed E-state index contributed by atoms with van der Waals surface area (Å²) in [6.45, 7) is -0.521. The topological polar surface area (TPSA) is 121 Å². The van der Waals surface area contributed by atoms with Gasteiger partial charge in [-0.05, 0) is 36.4 Å². The molecule has 0 bridgehead atoms. The van der Waals surface area contributed by atoms with Crippen LogP contribution < -0.4 is 14.8 Å². The molecule has 0 saturated carbocycles. The van der Waals surface area contributed by atoms with E-state index in [0.717, 1.165) is 0 Å². The summed E-state index contributed by atoms with van der Waals surface area (Å²) in [4.78, 5) is 36.4. The quantitative estimate of drug-likeness (QED) is 0.207. The Morgan fingerprint density at radius 3 is 2.53 bits per heavy atom. The van der Waals surface area contributed by atoms with Crippen LogP contribution in [-0.4, -0.2) is 30.3 Å². The molecule has 0 atom stereocenters. The Hall–Kier alpha value is -4.37. The summed E-state index contributed by atoms with van der Waals surface area (Å²) in [6.07, 6.45) is 0. The summed E-state index contributed by atoms with van der Waals surface area (Å²) in [5, 5.41) is 14.5. The number of halogens is 1. The Morgan fingerprint density at radius 2 is 1.79 bits per heavy atom. The number of nitro groups is 1. The number of fused-ring (bicyclic) bond motifs is 1. The van der Waals surface area contributed by atoms with E-state index in [1.54, 1.807) is 36.4 Å². The van der Waals surface area contributed by atoms with Crippen LogP contribution in [0.3, 0.4) is 0 Å². The predicted octanol–water partition coefficient (Wildman–Crippen LogP) is 5.25. The van der Waals surface area contributed by atoms with E-state index in [0.29, 0.717) is 16.7 Å². The Balaban J connectivity index is 1.62. The van der Waals surface area contributed by atoms with Crippen molar-refractivity contribution in [3.63, 3.8) is 0 Å². The fourth-order valence-corrected chi connectivity index (χ4v) is 3.57. The van der Waals surface area contributed by atoms with E-state index in [9.17, 15) is 19.7 Å². The number of carbonyl (C=O) groups excluding carboxylic acids is 2. The van der Waals surface area contributed by atoms with Crippen molar-refractivity contribution < 1.29 is 28.4 Å². The van der Waals surface area contributed by atoms with E-state index >= 15 is 0 Å². The standard InChI is InChI=1S/C24H17ClN2O7/c1-32-19-11-10-14(12-16(19)25)23(29)24-22(15-6-2-4-8-18(15)34-24)26-21(28)13-33-20-9-5-3-7-17(20)27(30)31/h2-12H,13H2,1H3,(H,26,28). The molecular weight excluding hydrogens is 464 g/mol. The largest absolute Gasteiger partial charge is 0.495 e. The van der Waals surface area contributed by atoms with Crippen molar-refractivity contribution in [2.24, 2.45) is 0 Å². The van der Waals surface area contributed by atoms with Crippen molar-refractivity contribution in [2.75, 3.05) is 19.0 Å². The average Bonchev–Trinajstić information content (AvgIpc) is 3.20. The van der Waals surface area contributed by atoms with Gasteiger partial charge >= 0.3 is 5.69 Å². The number of carbonyl (C=O) groups is 2. The zero-order valence-electron chi connectivity index (χ0n) is 17.7. The normalized spacial score (nSPS) is 10.6. The van der Waals surface area contributed by atoms with Gasteiger partial charge in [0.15, 0.2) is 18.1 Å². The van der Waals surface area contributed by atoms with E-state index < -0.39 is 23.2 Å². The van der Waals surface area contributed by atoms with Crippen molar-refractivity contribution in [1.82, 2.24) is 0 Å². The molecule has 0 saturated heterocycles. The summed E-state index contributed by atoms with van der Waals surface area (Å²) in [5.74, 6) is -0.879. The molecule has 9 nitrogen and oxygen atoms in total. The number of anilines is 1. The lowest BCUT2D eigenvalue weighted by atomic mass is 10.1. The molecule has 3 aromatic carbocycles. The first-order valence-electron chi connectivity index (χ1n) is 9.95. The smallest absolute Gasteiger partial charge is 0.310 e. The zero-order valence-corrected chi connectivity index (χ0v) is 18.5. The lowest BCUT2D eigenvalue weighted by Gasteiger charge is -2.09. The summed E-state index contributed by atoms with van der Waals surface area (Å²) < 4.78 is 16.2. The van der Waals surface area contributed by atoms with Crippen LogP contribution >= 0.6 is 11.6 Å². The number of para-hydroxylation sites is 3. The minimum atomic E-state index is -0.633. The number of ether oxygens (including phenoxy) is 2. The van der Waals surface area contributed by atoms with Crippen molar-refractivity contribution in [3.05, 3.63) is 93.2 Å². The molecule has 1 aromatic heterocycles. The van der Waals surface area contributed by atoms with Crippen LogP contribution in [-0.2, 0) is 4.79 Å². The molecule has 0 radical (unpaired) electrons. The maximum atomic E-state index is 13.2. The number of amides is 1. The van der Waals surface area contributed by atoms with Gasteiger partial charge in [-0.25, -0.2) is 0 Å². The first-order valence-corrected chi connectivity index (χ1v) is 10.3. The molecule has 0 spiro atoms. The van der Waals surface area contributed by atoms with Gasteiger partial charge in [-0.2, -0.15) is 0 Å². The Morgan fingerprint density at radius 1 is 1.06 bits per heavy atom. The highest BCUT2D eigenvalue weighted by Crippen LogP contribution is 2.34. The third-order valence-corrected chi connectivity index (χ3v) is 5.20. The van der Waals surface area contributed by atoms with Gasteiger partial charge in [0.1, 0.15) is 11.3 Å². The fourth-order valence-electron chi connectivity index (χ4n) is 3.32. The number of methoxy groups -OCH3 is 1. The van der Waals surface area contributed by atoms with Crippen molar-refractivity contribution in [3.8, 4) is 11.5 Å². The lowest BCUT2D eigenvalue weighted by Crippen LogP contribution is -2.21. The third-order valence-electron chi connectivity index (χ3n) is 4.90. The van der Waals surface area contributed by atoms with Crippen molar-refractivity contribution in [2.45, 2.75) is 0 Å². The number of nitrogens with zero attached hydrogens (tertiary/aromatic N) is 1. The molecule has 0 aliphatic rings. The second-order valence-electron chi connectivity index (χ2n) is 7.04. The van der Waals surface area contributed by atoms with Crippen LogP contribution in [0, 0.1) is 10.1 Å². The first-order chi connectivity index (χ1) is 16.4. The molecule has 4 rings (SSSR count). The van der Waals surface area contributed by atoms with Gasteiger partial charge < -0.3 is 19.2 Å². The maximum Gasteiger partial charge on any atom is 0.310 e. The highest BCUT2D eigenvalue weighted by Gasteiger charge is 2.24. The van der Waals surface area contributed by atoms with Crippen LogP contribution in [0.25, 0.3) is 11.0 Å². The predicted molar refractivity (Wildman–Crippen MR) is 125 cm³/mol. The van der Waals surface area contributed by atoms with E-state index in [2.05, 4.69) is 5.32 Å². The highest BCUT2D eigenvalue weighted by atomic mass is 35.5. The number of hydrogen-bond donors (Lipinski definition) is 1. The number of rotatable bonds is 8. The average molecular weight is 481 g/mol. The highest BCUT2D eigenvalue weighted by molar-refractivity contribution is 6.32. The van der Waals surface area contributed by atoms with Crippen LogP contribution in [0.5, 0.6) is 11.5 Å². The minimum absolute atomic E-state index is 0.0520. The molecule has 172 valence electrons. The maximum absolute atomic E-state index is 13.2. The number of nitro benzene ring substituents is 1. The van der Waals surface area contributed by atoms with E-state index in [1.165, 1.54) is 37.4 Å². The van der Waals surface area contributed by atoms with Gasteiger partial charge in [0.25, 0.3) is 5.91 Å². The summed E-state index contributed by atoms with van der Waals surface area (Å²) in [6, 6.07) is 17.0. The molecule has 1 N–H and O–H groups in total. The van der Waals surface area contributed by atoms with E-state index in [1.807, 2.05) is 0 Å². The molecule has 34 heavy (non-hydrogen) atoms. The lowest BCUT2D eigenvalue weighted by molar-refractivity contribution is -0.385. The minimum Gasteiger partial charge on any atom is -0.495 e. The zero-order chi connectivity index (χ0) is 24.2. The van der Waals surface area contributed by atoms with Gasteiger partial charge in [-0.15, -0.1) is 0 Å². The third kappa shape index (κ3) is 4.55. The van der Waals surface area contributed by atoms with Crippen LogP contribution in [0.1, 0.15) is 16.1 Å². The molecule has 0 aliphatic carbocycles. The summed E-state index contributed by atoms with van der Waals surface area (Å²) in [7, 11) is 1.46. The van der Waals surface area contributed by atoms with Crippen LogP contribution in [0.15, 0.2) is 71.1 Å². The Kier molecular flexibility index (Phi) is 6.46. The number of ketones is 1. The van der Waals surface area contributed by atoms with E-state index in [-0.39, 0.29) is 33.5 Å². The van der Waals surface area contributed by atoms with Gasteiger partial charge in [0.05, 0.1) is 22.7 Å². The summed E-state index contributed by atoms with van der Waals surface area (Å²) in [5.41, 5.74) is 0.511. The second kappa shape index (κ2) is 9.63. The molecule has 0 unspecified atom stereocenters. The SMILES string of the molecule is COc1ccc(C(=O)c2oc3ccccc3c2NC(=O)COc2ccccc2[N+](=O)[O-])cc1Cl. The number of benzene rings is 3. The van der Waals surface area contributed by atoms with Gasteiger partial charge in [-0.1, -0.05) is 35.9 Å². The Bertz CT molecular complexity index is 1410. The molecule has 10 heteroatoms. The van der Waals surface area contributed by atoms with E-state index in [4.69, 9.17) is 25.5 Å². The molecule has 1 amide bonds. The summed E-state index contributed by atoms with van der Waals surface area (Å²) >= 11 is 6.16. The van der Waals surface area contributed by atoms with Crippen molar-refractivity contribution in [1.29, 1.82) is 0 Å². The van der Waals surface area contributed by atoms with Gasteiger partial charge in [0.2, 0.25) is 5.78 Å². The molecule has 4 aromatic rings. The Labute approximate surface area is 198 Å². The number of nitrogens with one attached hydrogen (secondary N) is 1. The van der Waals surface area contributed by atoms with Crippen LogP contribution in [0.4, 0.5) is 11.4 Å². The molecule has 0 fully saturated rings. The van der Waals surface area contributed by atoms with Crippen molar-refractivity contribution >= 4 is 45.6 Å². The monoisotopic (exact) mass is 480 g/mol. The molecule has 1 heterocycles. The fraction of sp³-hybridized carbons (Fsp3) is 0.0833. The molecular formula is C24H17ClN2O7. The number of furan rings is 1. The molecule has 0 aliphatic heterocycles. The van der Waals surface area contributed by atoms with Gasteiger partial charge in [0, 0.05) is 17.0 Å². The first kappa shape index (κ1) is 22.8. The second-order valence-corrected chi connectivity index (χ2v) is 7.45.